The van der Waals surface area contributed by atoms with Crippen LogP contribution in [-0.2, 0) is 4.79 Å². The van der Waals surface area contributed by atoms with E-state index in [0.29, 0.717) is 22.6 Å². The number of anilines is 1. The summed E-state index contributed by atoms with van der Waals surface area (Å²) < 4.78 is 11.4. The molecule has 0 fully saturated rings. The minimum Gasteiger partial charge on any atom is -0.481 e. The van der Waals surface area contributed by atoms with Gasteiger partial charge in [0.1, 0.15) is 11.5 Å². The maximum atomic E-state index is 12.5. The van der Waals surface area contributed by atoms with Crippen LogP contribution in [0.3, 0.4) is 0 Å². The van der Waals surface area contributed by atoms with Gasteiger partial charge in [-0.3, -0.25) is 9.59 Å². The maximum absolute atomic E-state index is 12.5. The quantitative estimate of drug-likeness (QED) is 0.329. The van der Waals surface area contributed by atoms with Gasteiger partial charge in [-0.25, -0.2) is 9.69 Å². The number of rotatable bonds is 5. The molecule has 144 valence electrons. The first-order chi connectivity index (χ1) is 14.0. The molecule has 2 amide bonds. The first-order valence-corrected chi connectivity index (χ1v) is 9.50. The fourth-order valence-corrected chi connectivity index (χ4v) is 3.35. The summed E-state index contributed by atoms with van der Waals surface area (Å²) in [5.74, 6) is -0.514. The molecule has 0 N–H and O–H groups in total. The molecule has 4 rings (SSSR count). The fraction of sp³-hybridized carbons (Fsp3) is 0.0455. The first-order valence-electron chi connectivity index (χ1n) is 8.70. The van der Waals surface area contributed by atoms with E-state index in [4.69, 9.17) is 9.47 Å². The minimum absolute atomic E-state index is 0.261. The van der Waals surface area contributed by atoms with Crippen LogP contribution >= 0.6 is 15.9 Å². The second-order valence-corrected chi connectivity index (χ2v) is 7.03. The molecule has 0 radical (unpaired) electrons. The van der Waals surface area contributed by atoms with Crippen LogP contribution in [0.2, 0.25) is 0 Å². The molecule has 0 saturated heterocycles. The molecular formula is C22H14BrNO5. The zero-order valence-corrected chi connectivity index (χ0v) is 16.6. The molecule has 0 saturated carbocycles. The van der Waals surface area contributed by atoms with Crippen LogP contribution in [0.5, 0.6) is 11.5 Å². The van der Waals surface area contributed by atoms with E-state index < -0.39 is 5.97 Å². The molecule has 1 aliphatic rings. The van der Waals surface area contributed by atoms with Crippen molar-refractivity contribution in [1.82, 2.24) is 0 Å². The lowest BCUT2D eigenvalue weighted by Gasteiger charge is -2.14. The third kappa shape index (κ3) is 3.77. The summed E-state index contributed by atoms with van der Waals surface area (Å²) in [6.07, 6.45) is 0. The van der Waals surface area contributed by atoms with Gasteiger partial charge in [0, 0.05) is 0 Å². The summed E-state index contributed by atoms with van der Waals surface area (Å²) in [4.78, 5) is 38.1. The molecule has 6 nitrogen and oxygen atoms in total. The van der Waals surface area contributed by atoms with E-state index in [2.05, 4.69) is 15.9 Å². The van der Waals surface area contributed by atoms with Gasteiger partial charge in [0.25, 0.3) is 11.8 Å². The van der Waals surface area contributed by atoms with Crippen molar-refractivity contribution in [3.8, 4) is 11.5 Å². The Morgan fingerprint density at radius 2 is 1.41 bits per heavy atom. The lowest BCUT2D eigenvalue weighted by Crippen LogP contribution is -2.29. The predicted molar refractivity (Wildman–Crippen MR) is 109 cm³/mol. The number of amides is 2. The number of esters is 1. The summed E-state index contributed by atoms with van der Waals surface area (Å²) in [5.41, 5.74) is 1.15. The summed E-state index contributed by atoms with van der Waals surface area (Å²) in [6, 6.07) is 20.0. The Morgan fingerprint density at radius 3 is 2.03 bits per heavy atom. The van der Waals surface area contributed by atoms with Crippen molar-refractivity contribution in [3.63, 3.8) is 0 Å². The largest absolute Gasteiger partial charge is 0.481 e. The number of benzene rings is 3. The molecule has 1 aliphatic heterocycles. The van der Waals surface area contributed by atoms with E-state index in [1.54, 1.807) is 54.6 Å². The van der Waals surface area contributed by atoms with Crippen LogP contribution in [0.1, 0.15) is 20.7 Å². The third-order valence-corrected chi connectivity index (χ3v) is 4.96. The van der Waals surface area contributed by atoms with E-state index in [9.17, 15) is 14.4 Å². The van der Waals surface area contributed by atoms with E-state index in [1.807, 2.05) is 6.07 Å². The Morgan fingerprint density at radius 1 is 0.828 bits per heavy atom. The van der Waals surface area contributed by atoms with E-state index in [1.165, 1.54) is 12.1 Å². The molecule has 0 spiro atoms. The Labute approximate surface area is 174 Å². The number of nitrogens with zero attached hydrogens (tertiary/aromatic N) is 1. The molecule has 7 heteroatoms. The van der Waals surface area contributed by atoms with Gasteiger partial charge in [-0.15, -0.1) is 0 Å². The standard InChI is InChI=1S/C22H14BrNO5/c23-18-7-3-4-8-19(18)28-13-20(25)29-15-11-9-14(10-12-15)24-21(26)16-5-1-2-6-17(16)22(24)27/h1-12H,13H2. The van der Waals surface area contributed by atoms with Crippen molar-refractivity contribution < 1.29 is 23.9 Å². The smallest absolute Gasteiger partial charge is 0.349 e. The lowest BCUT2D eigenvalue weighted by molar-refractivity contribution is -0.136. The highest BCUT2D eigenvalue weighted by Gasteiger charge is 2.36. The van der Waals surface area contributed by atoms with E-state index >= 15 is 0 Å². The minimum atomic E-state index is -0.575. The van der Waals surface area contributed by atoms with Crippen molar-refractivity contribution in [2.24, 2.45) is 0 Å². The van der Waals surface area contributed by atoms with Crippen molar-refractivity contribution in [3.05, 3.63) is 88.4 Å². The van der Waals surface area contributed by atoms with Crippen LogP contribution in [0.15, 0.2) is 77.3 Å². The van der Waals surface area contributed by atoms with Gasteiger partial charge in [0.05, 0.1) is 21.3 Å². The van der Waals surface area contributed by atoms with Gasteiger partial charge in [-0.05, 0) is 64.5 Å². The summed E-state index contributed by atoms with van der Waals surface area (Å²) in [5, 5.41) is 0. The van der Waals surface area contributed by atoms with Gasteiger partial charge >= 0.3 is 5.97 Å². The second kappa shape index (κ2) is 7.89. The average Bonchev–Trinajstić information content (AvgIpc) is 2.99. The number of imide groups is 1. The topological polar surface area (TPSA) is 72.9 Å². The number of fused-ring (bicyclic) bond motifs is 1. The number of hydrogen-bond donors (Lipinski definition) is 0. The van der Waals surface area contributed by atoms with Crippen LogP contribution in [0.25, 0.3) is 0 Å². The molecule has 1 heterocycles. The normalized spacial score (nSPS) is 12.7. The van der Waals surface area contributed by atoms with Crippen molar-refractivity contribution in [2.75, 3.05) is 11.5 Å². The number of hydrogen-bond acceptors (Lipinski definition) is 5. The Hall–Kier alpha value is -3.45. The highest BCUT2D eigenvalue weighted by atomic mass is 79.9. The van der Waals surface area contributed by atoms with E-state index in [-0.39, 0.29) is 24.2 Å². The molecule has 29 heavy (non-hydrogen) atoms. The summed E-state index contributed by atoms with van der Waals surface area (Å²) in [6.45, 7) is -0.261. The summed E-state index contributed by atoms with van der Waals surface area (Å²) >= 11 is 3.34. The molecule has 0 unspecified atom stereocenters. The zero-order valence-electron chi connectivity index (χ0n) is 15.0. The van der Waals surface area contributed by atoms with Crippen molar-refractivity contribution in [2.45, 2.75) is 0 Å². The SMILES string of the molecule is O=C(COc1ccccc1Br)Oc1ccc(N2C(=O)c3ccccc3C2=O)cc1. The number of para-hydroxylation sites is 1. The van der Waals surface area contributed by atoms with Crippen LogP contribution in [0, 0.1) is 0 Å². The molecular weight excluding hydrogens is 438 g/mol. The molecule has 0 bridgehead atoms. The fourth-order valence-electron chi connectivity index (χ4n) is 2.95. The summed E-state index contributed by atoms with van der Waals surface area (Å²) in [7, 11) is 0. The highest BCUT2D eigenvalue weighted by molar-refractivity contribution is 9.10. The van der Waals surface area contributed by atoms with Crippen molar-refractivity contribution in [1.29, 1.82) is 0 Å². The monoisotopic (exact) mass is 451 g/mol. The van der Waals surface area contributed by atoms with Crippen LogP contribution in [-0.4, -0.2) is 24.4 Å². The number of halogens is 1. The maximum Gasteiger partial charge on any atom is 0.349 e. The first kappa shape index (κ1) is 18.9. The molecule has 3 aromatic carbocycles. The van der Waals surface area contributed by atoms with Gasteiger partial charge in [-0.2, -0.15) is 0 Å². The zero-order chi connectivity index (χ0) is 20.4. The van der Waals surface area contributed by atoms with Gasteiger partial charge < -0.3 is 9.47 Å². The van der Waals surface area contributed by atoms with Crippen LogP contribution < -0.4 is 14.4 Å². The Bertz CT molecular complexity index is 1080. The highest BCUT2D eigenvalue weighted by Crippen LogP contribution is 2.29. The van der Waals surface area contributed by atoms with Gasteiger partial charge in [-0.1, -0.05) is 24.3 Å². The van der Waals surface area contributed by atoms with Crippen molar-refractivity contribution >= 4 is 39.4 Å². The molecule has 3 aromatic rings. The number of ether oxygens (including phenoxy) is 2. The lowest BCUT2D eigenvalue weighted by atomic mass is 10.1. The Balaban J connectivity index is 1.41. The van der Waals surface area contributed by atoms with Gasteiger partial charge in [0.15, 0.2) is 6.61 Å². The number of carbonyl (C=O) groups is 3. The predicted octanol–water partition coefficient (Wildman–Crippen LogP) is 4.23. The molecule has 0 aliphatic carbocycles. The average molecular weight is 452 g/mol. The molecule has 0 atom stereocenters. The van der Waals surface area contributed by atoms with Crippen LogP contribution in [0.4, 0.5) is 5.69 Å². The second-order valence-electron chi connectivity index (χ2n) is 6.18. The number of carbonyl (C=O) groups excluding carboxylic acids is 3. The third-order valence-electron chi connectivity index (χ3n) is 4.30. The molecule has 0 aromatic heterocycles. The van der Waals surface area contributed by atoms with E-state index in [0.717, 1.165) is 9.37 Å². The van der Waals surface area contributed by atoms with Gasteiger partial charge in [0.2, 0.25) is 0 Å². The Kier molecular flexibility index (Phi) is 5.14.